The number of aromatic hydroxyl groups is 1. The summed E-state index contributed by atoms with van der Waals surface area (Å²) in [5, 5.41) is 17.7. The second kappa shape index (κ2) is 6.99. The van der Waals surface area contributed by atoms with Gasteiger partial charge in [-0.1, -0.05) is 18.2 Å². The number of aldehydes is 1. The van der Waals surface area contributed by atoms with Crippen molar-refractivity contribution in [2.75, 3.05) is 11.9 Å². The fourth-order valence-electron chi connectivity index (χ4n) is 2.48. The van der Waals surface area contributed by atoms with Gasteiger partial charge in [0.2, 0.25) is 5.91 Å². The van der Waals surface area contributed by atoms with E-state index in [1.807, 2.05) is 0 Å². The highest BCUT2D eigenvalue weighted by molar-refractivity contribution is 6.35. The average molecular weight is 364 g/mol. The Hall–Kier alpha value is -3.16. The van der Waals surface area contributed by atoms with Gasteiger partial charge in [0.1, 0.15) is 11.5 Å². The molecular weight excluding hydrogens is 349 g/mol. The normalized spacial score (nSPS) is 11.1. The van der Waals surface area contributed by atoms with Crippen LogP contribution >= 0.6 is 0 Å². The zero-order valence-electron chi connectivity index (χ0n) is 13.9. The summed E-state index contributed by atoms with van der Waals surface area (Å²) in [5.74, 6) is -1.00. The fraction of sp³-hybridized carbons (Fsp3) is 0.167. The number of alkyl halides is 3. The second-order valence-corrected chi connectivity index (χ2v) is 5.54. The third-order valence-corrected chi connectivity index (χ3v) is 3.88. The van der Waals surface area contributed by atoms with Gasteiger partial charge in [-0.25, -0.2) is 0 Å². The Morgan fingerprint density at radius 2 is 1.81 bits per heavy atom. The highest BCUT2D eigenvalue weighted by Crippen LogP contribution is 2.42. The Balaban J connectivity index is 2.85. The van der Waals surface area contributed by atoms with Gasteiger partial charge in [0.15, 0.2) is 6.29 Å². The number of phenolic OH excluding ortho intramolecular Hbond substituents is 1. The summed E-state index contributed by atoms with van der Waals surface area (Å²) in [6.07, 6.45) is -4.46. The number of nitrogens with one attached hydrogen (secondary N) is 1. The standard InChI is InChI=1S/C18H15F3N2O3/c1-10(25)23(2)16-7-13(15(22)9-24)17(26)8-12(16)11-5-3-4-6-14(11)18(19,20)21/h3-9,22,26H,1-2H3. The SMILES string of the molecule is CC(=O)N(C)c1cc(C(=N)C=O)c(O)cc1-c1ccccc1C(F)(F)F. The zero-order valence-corrected chi connectivity index (χ0v) is 13.9. The molecule has 0 saturated heterocycles. The molecule has 0 heterocycles. The molecule has 2 aromatic rings. The summed E-state index contributed by atoms with van der Waals surface area (Å²) in [6, 6.07) is 6.92. The topological polar surface area (TPSA) is 81.5 Å². The minimum Gasteiger partial charge on any atom is -0.507 e. The lowest BCUT2D eigenvalue weighted by Gasteiger charge is -2.23. The second-order valence-electron chi connectivity index (χ2n) is 5.54. The van der Waals surface area contributed by atoms with Crippen LogP contribution in [0.15, 0.2) is 36.4 Å². The van der Waals surface area contributed by atoms with Crippen LogP contribution in [0.25, 0.3) is 11.1 Å². The monoisotopic (exact) mass is 364 g/mol. The Bertz CT molecular complexity index is 892. The number of benzene rings is 2. The van der Waals surface area contributed by atoms with Crippen LogP contribution in [-0.2, 0) is 15.8 Å². The van der Waals surface area contributed by atoms with Crippen molar-refractivity contribution in [2.24, 2.45) is 0 Å². The predicted molar refractivity (Wildman–Crippen MR) is 90.5 cm³/mol. The first-order chi connectivity index (χ1) is 12.1. The molecule has 0 unspecified atom stereocenters. The van der Waals surface area contributed by atoms with E-state index < -0.39 is 29.1 Å². The van der Waals surface area contributed by atoms with Crippen molar-refractivity contribution in [2.45, 2.75) is 13.1 Å². The maximum Gasteiger partial charge on any atom is 0.417 e. The Kier molecular flexibility index (Phi) is 5.15. The van der Waals surface area contributed by atoms with Crippen molar-refractivity contribution in [1.82, 2.24) is 0 Å². The van der Waals surface area contributed by atoms with Gasteiger partial charge in [-0.05, 0) is 23.8 Å². The number of carbonyl (C=O) groups excluding carboxylic acids is 2. The van der Waals surface area contributed by atoms with Gasteiger partial charge in [0, 0.05) is 25.1 Å². The molecule has 2 N–H and O–H groups in total. The predicted octanol–water partition coefficient (Wildman–Crippen LogP) is 3.63. The van der Waals surface area contributed by atoms with Gasteiger partial charge in [-0.15, -0.1) is 0 Å². The van der Waals surface area contributed by atoms with E-state index in [4.69, 9.17) is 5.41 Å². The van der Waals surface area contributed by atoms with Crippen molar-refractivity contribution in [1.29, 1.82) is 5.41 Å². The molecule has 0 spiro atoms. The molecule has 0 aromatic heterocycles. The summed E-state index contributed by atoms with van der Waals surface area (Å²) in [6.45, 7) is 1.22. The molecule has 0 aliphatic heterocycles. The van der Waals surface area contributed by atoms with Crippen molar-refractivity contribution < 1.29 is 27.9 Å². The maximum atomic E-state index is 13.4. The molecular formula is C18H15F3N2O3. The van der Waals surface area contributed by atoms with Crippen LogP contribution in [0.4, 0.5) is 18.9 Å². The van der Waals surface area contributed by atoms with Gasteiger partial charge < -0.3 is 10.0 Å². The average Bonchev–Trinajstić information content (AvgIpc) is 2.59. The number of halogens is 3. The van der Waals surface area contributed by atoms with E-state index in [1.54, 1.807) is 0 Å². The van der Waals surface area contributed by atoms with Crippen molar-refractivity contribution in [3.8, 4) is 16.9 Å². The number of anilines is 1. The number of rotatable bonds is 4. The molecule has 0 aliphatic carbocycles. The van der Waals surface area contributed by atoms with Gasteiger partial charge in [-0.3, -0.25) is 15.0 Å². The number of phenols is 1. The molecule has 136 valence electrons. The van der Waals surface area contributed by atoms with E-state index in [2.05, 4.69) is 0 Å². The summed E-state index contributed by atoms with van der Waals surface area (Å²) in [7, 11) is 1.35. The number of amides is 1. The number of carbonyl (C=O) groups is 2. The smallest absolute Gasteiger partial charge is 0.417 e. The van der Waals surface area contributed by atoms with E-state index in [9.17, 15) is 27.9 Å². The molecule has 1 amide bonds. The van der Waals surface area contributed by atoms with E-state index in [-0.39, 0.29) is 28.7 Å². The lowest BCUT2D eigenvalue weighted by Crippen LogP contribution is -2.24. The molecule has 0 aliphatic rings. The van der Waals surface area contributed by atoms with Crippen molar-refractivity contribution >= 4 is 23.6 Å². The van der Waals surface area contributed by atoms with Crippen LogP contribution in [0.2, 0.25) is 0 Å². The molecule has 0 atom stereocenters. The molecule has 2 aromatic carbocycles. The van der Waals surface area contributed by atoms with E-state index in [0.29, 0.717) is 0 Å². The molecule has 2 rings (SSSR count). The lowest BCUT2D eigenvalue weighted by atomic mass is 9.94. The molecule has 0 fully saturated rings. The zero-order chi connectivity index (χ0) is 19.6. The number of hydrogen-bond acceptors (Lipinski definition) is 4. The van der Waals surface area contributed by atoms with E-state index >= 15 is 0 Å². The molecule has 0 saturated carbocycles. The third-order valence-electron chi connectivity index (χ3n) is 3.88. The van der Waals surface area contributed by atoms with Gasteiger partial charge in [-0.2, -0.15) is 13.2 Å². The number of hydrogen-bond donors (Lipinski definition) is 2. The first-order valence-electron chi connectivity index (χ1n) is 7.40. The maximum absolute atomic E-state index is 13.4. The van der Waals surface area contributed by atoms with Crippen LogP contribution in [0.3, 0.4) is 0 Å². The minimum atomic E-state index is -4.65. The van der Waals surface area contributed by atoms with Crippen molar-refractivity contribution in [3.63, 3.8) is 0 Å². The van der Waals surface area contributed by atoms with Crippen LogP contribution in [0.5, 0.6) is 5.75 Å². The molecule has 8 heteroatoms. The molecule has 5 nitrogen and oxygen atoms in total. The van der Waals surface area contributed by atoms with E-state index in [1.165, 1.54) is 32.2 Å². The summed E-state index contributed by atoms with van der Waals surface area (Å²) in [5.41, 5.74) is -1.92. The highest BCUT2D eigenvalue weighted by Gasteiger charge is 2.34. The van der Waals surface area contributed by atoms with Crippen LogP contribution in [-0.4, -0.2) is 30.1 Å². The highest BCUT2D eigenvalue weighted by atomic mass is 19.4. The Labute approximate surface area is 147 Å². The fourth-order valence-corrected chi connectivity index (χ4v) is 2.48. The van der Waals surface area contributed by atoms with Crippen LogP contribution in [0, 0.1) is 5.41 Å². The van der Waals surface area contributed by atoms with E-state index in [0.717, 1.165) is 23.1 Å². The summed E-state index contributed by atoms with van der Waals surface area (Å²) < 4.78 is 40.1. The van der Waals surface area contributed by atoms with Crippen LogP contribution in [0.1, 0.15) is 18.1 Å². The molecule has 0 radical (unpaired) electrons. The first-order valence-corrected chi connectivity index (χ1v) is 7.40. The molecule has 0 bridgehead atoms. The summed E-state index contributed by atoms with van der Waals surface area (Å²) in [4.78, 5) is 23.7. The lowest BCUT2D eigenvalue weighted by molar-refractivity contribution is -0.137. The minimum absolute atomic E-state index is 0.0357. The quantitative estimate of drug-likeness (QED) is 0.642. The summed E-state index contributed by atoms with van der Waals surface area (Å²) >= 11 is 0. The van der Waals surface area contributed by atoms with Crippen molar-refractivity contribution in [3.05, 3.63) is 47.5 Å². The van der Waals surface area contributed by atoms with Gasteiger partial charge in [0.05, 0.1) is 11.3 Å². The number of nitrogens with zero attached hydrogens (tertiary/aromatic N) is 1. The van der Waals surface area contributed by atoms with Gasteiger partial charge in [0.25, 0.3) is 0 Å². The van der Waals surface area contributed by atoms with Crippen LogP contribution < -0.4 is 4.90 Å². The largest absolute Gasteiger partial charge is 0.507 e. The third kappa shape index (κ3) is 3.58. The first kappa shape index (κ1) is 19.2. The Morgan fingerprint density at radius 3 is 2.35 bits per heavy atom. The van der Waals surface area contributed by atoms with Gasteiger partial charge >= 0.3 is 6.18 Å². The molecule has 26 heavy (non-hydrogen) atoms. The Morgan fingerprint density at radius 1 is 1.19 bits per heavy atom.